The topological polar surface area (TPSA) is 78.9 Å². The molecule has 0 spiro atoms. The molecule has 6 nitrogen and oxygen atoms in total. The van der Waals surface area contributed by atoms with Gasteiger partial charge in [0, 0.05) is 19.3 Å². The van der Waals surface area contributed by atoms with Gasteiger partial charge in [0.1, 0.15) is 13.2 Å². The van der Waals surface area contributed by atoms with Gasteiger partial charge in [0.25, 0.3) is 0 Å². The molecule has 0 saturated heterocycles. The fraction of sp³-hybridized carbons (Fsp3) is 0.750. The van der Waals surface area contributed by atoms with Gasteiger partial charge in [-0.1, -0.05) is 343 Å². The highest BCUT2D eigenvalue weighted by Gasteiger charge is 2.19. The van der Waals surface area contributed by atoms with Crippen molar-refractivity contribution < 1.29 is 28.6 Å². The Morgan fingerprint density at radius 3 is 0.744 bits per heavy atom. The average molecular weight is 1140 g/mol. The molecule has 0 aliphatic heterocycles. The molecule has 0 aromatic heterocycles. The third-order valence-corrected chi connectivity index (χ3v) is 15.4. The summed E-state index contributed by atoms with van der Waals surface area (Å²) in [7, 11) is 0. The lowest BCUT2D eigenvalue weighted by Gasteiger charge is -2.18. The van der Waals surface area contributed by atoms with Gasteiger partial charge in [0.2, 0.25) is 0 Å². The first kappa shape index (κ1) is 78.3. The lowest BCUT2D eigenvalue weighted by atomic mass is 10.0. The van der Waals surface area contributed by atoms with Crippen LogP contribution in [0.4, 0.5) is 0 Å². The minimum atomic E-state index is -0.799. The first-order chi connectivity index (χ1) is 40.5. The van der Waals surface area contributed by atoms with Crippen LogP contribution in [0.1, 0.15) is 348 Å². The Labute approximate surface area is 508 Å². The van der Waals surface area contributed by atoms with E-state index >= 15 is 0 Å². The van der Waals surface area contributed by atoms with Crippen LogP contribution in [0.3, 0.4) is 0 Å². The van der Waals surface area contributed by atoms with Gasteiger partial charge >= 0.3 is 17.9 Å². The van der Waals surface area contributed by atoms with E-state index in [0.717, 1.165) is 103 Å². The molecule has 0 fully saturated rings. The largest absolute Gasteiger partial charge is 0.462 e. The summed E-state index contributed by atoms with van der Waals surface area (Å²) < 4.78 is 16.8. The van der Waals surface area contributed by atoms with Crippen molar-refractivity contribution >= 4 is 17.9 Å². The van der Waals surface area contributed by atoms with E-state index in [4.69, 9.17) is 14.2 Å². The molecule has 0 aliphatic carbocycles. The van der Waals surface area contributed by atoms with Crippen LogP contribution < -0.4 is 0 Å². The molecular formula is C76H132O6. The Morgan fingerprint density at radius 2 is 0.476 bits per heavy atom. The van der Waals surface area contributed by atoms with Crippen LogP contribution in [0.25, 0.3) is 0 Å². The quantitative estimate of drug-likeness (QED) is 0.0261. The molecule has 0 radical (unpaired) electrons. The summed E-state index contributed by atoms with van der Waals surface area (Å²) in [6.07, 6.45) is 94.8. The third kappa shape index (κ3) is 67.1. The van der Waals surface area contributed by atoms with Crippen LogP contribution in [0, 0.1) is 0 Å². The third-order valence-electron chi connectivity index (χ3n) is 15.4. The molecule has 1 atom stereocenters. The summed E-state index contributed by atoms with van der Waals surface area (Å²) in [5.74, 6) is -0.931. The number of rotatable bonds is 64. The second-order valence-electron chi connectivity index (χ2n) is 23.4. The predicted octanol–water partition coefficient (Wildman–Crippen LogP) is 24.4. The van der Waals surface area contributed by atoms with Gasteiger partial charge in [-0.25, -0.2) is 0 Å². The van der Waals surface area contributed by atoms with Crippen molar-refractivity contribution in [2.24, 2.45) is 0 Å². The summed E-state index contributed by atoms with van der Waals surface area (Å²) in [6, 6.07) is 0. The molecule has 6 heteroatoms. The summed E-state index contributed by atoms with van der Waals surface area (Å²) in [4.78, 5) is 38.1. The standard InChI is InChI=1S/C76H132O6/c1-4-7-10-13-16-18-20-22-24-26-28-30-32-34-36-37-38-40-41-43-45-47-49-51-53-55-57-60-63-66-69-75(78)81-72-73(71-80-74(77)68-65-62-59-15-12-9-6-3)82-76(79)70-67-64-61-58-56-54-52-50-48-46-44-42-39-35-33-31-29-27-25-23-21-19-17-14-11-8-5-2/h8,11,17,19,23,25,29,31,35,39,44,46,50,52,56,58,73H,4-7,9-10,12-16,18,20-22,24,26-28,30,32-34,36-38,40-43,45,47-49,51,53-55,57,59-72H2,1-3H3/b11-8-,19-17-,25-23-,31-29-,39-35-,46-44-,52-50-,58-56-. The van der Waals surface area contributed by atoms with Gasteiger partial charge in [-0.3, -0.25) is 14.4 Å². The first-order valence-corrected chi connectivity index (χ1v) is 35.2. The van der Waals surface area contributed by atoms with Gasteiger partial charge < -0.3 is 14.2 Å². The van der Waals surface area contributed by atoms with Crippen LogP contribution in [0.15, 0.2) is 97.2 Å². The Balaban J connectivity index is 4.13. The van der Waals surface area contributed by atoms with Gasteiger partial charge in [0.05, 0.1) is 0 Å². The molecule has 0 N–H and O–H groups in total. The Bertz CT molecular complexity index is 1590. The predicted molar refractivity (Wildman–Crippen MR) is 357 cm³/mol. The highest BCUT2D eigenvalue weighted by Crippen LogP contribution is 2.18. The second-order valence-corrected chi connectivity index (χ2v) is 23.4. The number of hydrogen-bond donors (Lipinski definition) is 0. The maximum atomic E-state index is 12.9. The van der Waals surface area contributed by atoms with Gasteiger partial charge in [-0.15, -0.1) is 0 Å². The van der Waals surface area contributed by atoms with Crippen molar-refractivity contribution in [1.82, 2.24) is 0 Å². The van der Waals surface area contributed by atoms with E-state index in [2.05, 4.69) is 118 Å². The molecule has 0 saturated carbocycles. The average Bonchev–Trinajstić information content (AvgIpc) is 3.48. The summed E-state index contributed by atoms with van der Waals surface area (Å²) >= 11 is 0. The van der Waals surface area contributed by atoms with E-state index in [1.807, 2.05) is 0 Å². The van der Waals surface area contributed by atoms with E-state index in [1.165, 1.54) is 199 Å². The number of ether oxygens (including phenoxy) is 3. The lowest BCUT2D eigenvalue weighted by molar-refractivity contribution is -0.167. The SMILES string of the molecule is CC/C=C\C/C=C\C/C=C\C/C=C\C/C=C\C/C=C\C/C=C\C/C=C\CCCCC(=O)OC(COC(=O)CCCCCCCCC)COC(=O)CCCCCCCCCCCCCCCCCCCCCCCCCCCCCCCC. The molecule has 0 aromatic rings. The van der Waals surface area contributed by atoms with Gasteiger partial charge in [-0.2, -0.15) is 0 Å². The second kappa shape index (κ2) is 69.8. The highest BCUT2D eigenvalue weighted by molar-refractivity contribution is 5.71. The zero-order valence-corrected chi connectivity index (χ0v) is 54.2. The first-order valence-electron chi connectivity index (χ1n) is 35.2. The number of esters is 3. The molecule has 0 rings (SSSR count). The van der Waals surface area contributed by atoms with Crippen LogP contribution in [0.2, 0.25) is 0 Å². The minimum absolute atomic E-state index is 0.0920. The lowest BCUT2D eigenvalue weighted by Crippen LogP contribution is -2.30. The molecule has 1 unspecified atom stereocenters. The normalized spacial score (nSPS) is 12.7. The van der Waals surface area contributed by atoms with E-state index in [1.54, 1.807) is 0 Å². The van der Waals surface area contributed by atoms with E-state index in [0.29, 0.717) is 19.3 Å². The summed E-state index contributed by atoms with van der Waals surface area (Å²) in [5, 5.41) is 0. The zero-order chi connectivity index (χ0) is 59.2. The summed E-state index contributed by atoms with van der Waals surface area (Å²) in [6.45, 7) is 6.49. The number of hydrogen-bond acceptors (Lipinski definition) is 6. The molecule has 0 heterocycles. The minimum Gasteiger partial charge on any atom is -0.462 e. The maximum absolute atomic E-state index is 12.9. The van der Waals surface area contributed by atoms with Gasteiger partial charge in [-0.05, 0) is 83.5 Å². The maximum Gasteiger partial charge on any atom is 0.306 e. The van der Waals surface area contributed by atoms with Crippen molar-refractivity contribution in [2.75, 3.05) is 13.2 Å². The summed E-state index contributed by atoms with van der Waals surface area (Å²) in [5.41, 5.74) is 0. The number of carbonyl (C=O) groups is 3. The molecule has 0 aliphatic rings. The van der Waals surface area contributed by atoms with Crippen molar-refractivity contribution in [1.29, 1.82) is 0 Å². The zero-order valence-electron chi connectivity index (χ0n) is 54.2. The number of unbranched alkanes of at least 4 members (excludes halogenated alkanes) is 37. The molecule has 82 heavy (non-hydrogen) atoms. The fourth-order valence-corrected chi connectivity index (χ4v) is 10.1. The highest BCUT2D eigenvalue weighted by atomic mass is 16.6. The molecule has 0 bridgehead atoms. The molecule has 0 amide bonds. The van der Waals surface area contributed by atoms with E-state index in [9.17, 15) is 14.4 Å². The van der Waals surface area contributed by atoms with Crippen LogP contribution >= 0.6 is 0 Å². The number of carbonyl (C=O) groups excluding carboxylic acids is 3. The van der Waals surface area contributed by atoms with Crippen molar-refractivity contribution in [3.63, 3.8) is 0 Å². The smallest absolute Gasteiger partial charge is 0.306 e. The van der Waals surface area contributed by atoms with Crippen molar-refractivity contribution in [3.05, 3.63) is 97.2 Å². The van der Waals surface area contributed by atoms with Crippen LogP contribution in [-0.4, -0.2) is 37.2 Å². The van der Waals surface area contributed by atoms with Crippen LogP contribution in [-0.2, 0) is 28.6 Å². The Kier molecular flexibility index (Phi) is 66.7. The Morgan fingerprint density at radius 1 is 0.256 bits per heavy atom. The molecular weight excluding hydrogens is 1010 g/mol. The monoisotopic (exact) mass is 1140 g/mol. The Hall–Kier alpha value is -3.67. The number of allylic oxidation sites excluding steroid dienone is 16. The van der Waals surface area contributed by atoms with Crippen LogP contribution in [0.5, 0.6) is 0 Å². The van der Waals surface area contributed by atoms with Gasteiger partial charge in [0.15, 0.2) is 6.10 Å². The fourth-order valence-electron chi connectivity index (χ4n) is 10.1. The van der Waals surface area contributed by atoms with Crippen molar-refractivity contribution in [3.8, 4) is 0 Å². The van der Waals surface area contributed by atoms with E-state index in [-0.39, 0.29) is 37.5 Å². The van der Waals surface area contributed by atoms with Crippen molar-refractivity contribution in [2.45, 2.75) is 354 Å². The molecule has 0 aromatic carbocycles. The van der Waals surface area contributed by atoms with E-state index < -0.39 is 6.10 Å². The molecule has 472 valence electrons.